The molecule has 2 aliphatic carbocycles. The molecule has 0 radical (unpaired) electrons. The predicted octanol–water partition coefficient (Wildman–Crippen LogP) is 1.92. The first-order valence-electron chi connectivity index (χ1n) is 6.29. The lowest BCUT2D eigenvalue weighted by Gasteiger charge is -2.26. The molecule has 0 unspecified atom stereocenters. The summed E-state index contributed by atoms with van der Waals surface area (Å²) < 4.78 is 0. The van der Waals surface area contributed by atoms with Gasteiger partial charge in [0.25, 0.3) is 0 Å². The highest BCUT2D eigenvalue weighted by atomic mass is 15.2. The van der Waals surface area contributed by atoms with Crippen molar-refractivity contribution in [3.63, 3.8) is 0 Å². The fourth-order valence-electron chi connectivity index (χ4n) is 2.26. The van der Waals surface area contributed by atoms with Crippen molar-refractivity contribution < 1.29 is 0 Å². The molecule has 86 valence electrons. The molecule has 0 aliphatic heterocycles. The Morgan fingerprint density at radius 2 is 2.12 bits per heavy atom. The molecule has 1 aromatic rings. The van der Waals surface area contributed by atoms with E-state index in [2.05, 4.69) is 16.0 Å². The van der Waals surface area contributed by atoms with Crippen LogP contribution in [0.1, 0.15) is 31.4 Å². The molecule has 2 fully saturated rings. The van der Waals surface area contributed by atoms with Crippen LogP contribution in [0.4, 0.5) is 5.69 Å². The van der Waals surface area contributed by atoms with Gasteiger partial charge in [-0.15, -0.1) is 0 Å². The summed E-state index contributed by atoms with van der Waals surface area (Å²) in [6.45, 7) is 1.76. The Balaban J connectivity index is 1.84. The smallest absolute Gasteiger partial charge is 0.0772 e. The van der Waals surface area contributed by atoms with Crippen LogP contribution < -0.4 is 10.6 Å². The van der Waals surface area contributed by atoms with Gasteiger partial charge < -0.3 is 10.6 Å². The number of rotatable bonds is 5. The number of aromatic nitrogens is 1. The van der Waals surface area contributed by atoms with Gasteiger partial charge in [-0.1, -0.05) is 0 Å². The second-order valence-electron chi connectivity index (χ2n) is 5.00. The van der Waals surface area contributed by atoms with Gasteiger partial charge in [0, 0.05) is 25.3 Å². The Morgan fingerprint density at radius 3 is 2.75 bits per heavy atom. The van der Waals surface area contributed by atoms with Gasteiger partial charge in [-0.2, -0.15) is 0 Å². The molecule has 1 heterocycles. The quantitative estimate of drug-likeness (QED) is 0.819. The van der Waals surface area contributed by atoms with Crippen molar-refractivity contribution in [3.8, 4) is 0 Å². The van der Waals surface area contributed by atoms with Crippen LogP contribution in [0.25, 0.3) is 0 Å². The fourth-order valence-corrected chi connectivity index (χ4v) is 2.26. The van der Waals surface area contributed by atoms with Gasteiger partial charge in [0.2, 0.25) is 0 Å². The van der Waals surface area contributed by atoms with Crippen LogP contribution in [-0.4, -0.2) is 17.6 Å². The maximum Gasteiger partial charge on any atom is 0.0772 e. The molecule has 0 aromatic carbocycles. The average molecular weight is 217 g/mol. The number of pyridine rings is 1. The molecular weight excluding hydrogens is 198 g/mol. The van der Waals surface area contributed by atoms with E-state index in [1.54, 1.807) is 0 Å². The van der Waals surface area contributed by atoms with Gasteiger partial charge in [0.05, 0.1) is 11.4 Å². The number of hydrogen-bond donors (Lipinski definition) is 1. The summed E-state index contributed by atoms with van der Waals surface area (Å²) in [5, 5.41) is 0. The predicted molar refractivity (Wildman–Crippen MR) is 65.2 cm³/mol. The molecule has 0 amide bonds. The molecule has 2 saturated carbocycles. The summed E-state index contributed by atoms with van der Waals surface area (Å²) in [5.74, 6) is 0.923. The van der Waals surface area contributed by atoms with Crippen LogP contribution in [0.3, 0.4) is 0 Å². The van der Waals surface area contributed by atoms with E-state index in [1.165, 1.54) is 37.9 Å². The molecule has 16 heavy (non-hydrogen) atoms. The van der Waals surface area contributed by atoms with E-state index in [0.717, 1.165) is 17.7 Å². The topological polar surface area (TPSA) is 42.1 Å². The number of hydrogen-bond acceptors (Lipinski definition) is 3. The lowest BCUT2D eigenvalue weighted by molar-refractivity contribution is 0.711. The first-order chi connectivity index (χ1) is 7.88. The second-order valence-corrected chi connectivity index (χ2v) is 5.00. The largest absolute Gasteiger partial charge is 0.367 e. The summed E-state index contributed by atoms with van der Waals surface area (Å²) in [4.78, 5) is 6.94. The van der Waals surface area contributed by atoms with Crippen LogP contribution in [-0.2, 0) is 6.54 Å². The van der Waals surface area contributed by atoms with Crippen molar-refractivity contribution in [2.45, 2.75) is 38.3 Å². The first kappa shape index (κ1) is 10.1. The molecule has 2 aliphatic rings. The van der Waals surface area contributed by atoms with Crippen LogP contribution in [0, 0.1) is 5.92 Å². The standard InChI is InChI=1S/C13H19N3/c14-8-12-13(2-1-7-15-12)16(11-5-6-11)9-10-3-4-10/h1-2,7,10-11H,3-6,8-9,14H2. The molecular formula is C13H19N3. The average Bonchev–Trinajstić information content (AvgIpc) is 3.16. The molecule has 1 aromatic heterocycles. The molecule has 3 nitrogen and oxygen atoms in total. The monoisotopic (exact) mass is 217 g/mol. The first-order valence-corrected chi connectivity index (χ1v) is 6.29. The number of nitrogens with zero attached hydrogens (tertiary/aromatic N) is 2. The minimum Gasteiger partial charge on any atom is -0.367 e. The SMILES string of the molecule is NCc1ncccc1N(CC1CC1)C1CC1. The second kappa shape index (κ2) is 4.06. The zero-order valence-corrected chi connectivity index (χ0v) is 9.60. The third kappa shape index (κ3) is 2.05. The summed E-state index contributed by atoms with van der Waals surface area (Å²) in [6.07, 6.45) is 7.33. The lowest BCUT2D eigenvalue weighted by atomic mass is 10.2. The zero-order valence-electron chi connectivity index (χ0n) is 9.60. The Bertz CT molecular complexity index is 369. The minimum atomic E-state index is 0.546. The third-order valence-corrected chi connectivity index (χ3v) is 3.51. The summed E-state index contributed by atoms with van der Waals surface area (Å²) in [6, 6.07) is 4.96. The fraction of sp³-hybridized carbons (Fsp3) is 0.615. The Hall–Kier alpha value is -1.09. The van der Waals surface area contributed by atoms with Crippen molar-refractivity contribution in [1.29, 1.82) is 0 Å². The number of nitrogens with two attached hydrogens (primary N) is 1. The van der Waals surface area contributed by atoms with Crippen LogP contribution >= 0.6 is 0 Å². The summed E-state index contributed by atoms with van der Waals surface area (Å²) in [7, 11) is 0. The molecule has 3 rings (SSSR count). The van der Waals surface area contributed by atoms with Crippen LogP contribution in [0.15, 0.2) is 18.3 Å². The molecule has 2 N–H and O–H groups in total. The van der Waals surface area contributed by atoms with Crippen molar-refractivity contribution >= 4 is 5.69 Å². The maximum absolute atomic E-state index is 5.77. The van der Waals surface area contributed by atoms with Crippen molar-refractivity contribution in [3.05, 3.63) is 24.0 Å². The van der Waals surface area contributed by atoms with Crippen LogP contribution in [0.5, 0.6) is 0 Å². The van der Waals surface area contributed by atoms with Gasteiger partial charge in [-0.3, -0.25) is 4.98 Å². The summed E-state index contributed by atoms with van der Waals surface area (Å²) >= 11 is 0. The van der Waals surface area contributed by atoms with Gasteiger partial charge in [0.1, 0.15) is 0 Å². The molecule has 0 saturated heterocycles. The highest BCUT2D eigenvalue weighted by Crippen LogP contribution is 2.38. The number of anilines is 1. The van der Waals surface area contributed by atoms with E-state index in [1.807, 2.05) is 12.3 Å². The van der Waals surface area contributed by atoms with Crippen LogP contribution in [0.2, 0.25) is 0 Å². The lowest BCUT2D eigenvalue weighted by Crippen LogP contribution is -2.29. The highest BCUT2D eigenvalue weighted by molar-refractivity contribution is 5.52. The Morgan fingerprint density at radius 1 is 1.31 bits per heavy atom. The molecule has 0 spiro atoms. The molecule has 0 bridgehead atoms. The third-order valence-electron chi connectivity index (χ3n) is 3.51. The van der Waals surface area contributed by atoms with E-state index in [-0.39, 0.29) is 0 Å². The van der Waals surface area contributed by atoms with E-state index in [9.17, 15) is 0 Å². The minimum absolute atomic E-state index is 0.546. The van der Waals surface area contributed by atoms with Gasteiger partial charge >= 0.3 is 0 Å². The normalized spacial score (nSPS) is 19.8. The molecule has 0 atom stereocenters. The van der Waals surface area contributed by atoms with E-state index in [0.29, 0.717) is 6.54 Å². The van der Waals surface area contributed by atoms with E-state index >= 15 is 0 Å². The van der Waals surface area contributed by atoms with Gasteiger partial charge in [-0.05, 0) is 43.7 Å². The van der Waals surface area contributed by atoms with Crippen molar-refractivity contribution in [1.82, 2.24) is 4.98 Å². The van der Waals surface area contributed by atoms with Crippen molar-refractivity contribution in [2.24, 2.45) is 11.7 Å². The highest BCUT2D eigenvalue weighted by Gasteiger charge is 2.34. The van der Waals surface area contributed by atoms with Gasteiger partial charge in [-0.25, -0.2) is 0 Å². The maximum atomic E-state index is 5.77. The Kier molecular flexibility index (Phi) is 2.56. The zero-order chi connectivity index (χ0) is 11.0. The summed E-state index contributed by atoms with van der Waals surface area (Å²) in [5.41, 5.74) is 8.09. The van der Waals surface area contributed by atoms with Gasteiger partial charge in [0.15, 0.2) is 0 Å². The molecule has 3 heteroatoms. The Labute approximate surface area is 96.7 Å². The van der Waals surface area contributed by atoms with E-state index < -0.39 is 0 Å². The van der Waals surface area contributed by atoms with E-state index in [4.69, 9.17) is 5.73 Å². The van der Waals surface area contributed by atoms with Crippen molar-refractivity contribution in [2.75, 3.05) is 11.4 Å².